The number of carbonyl (C=O) groups is 6. The summed E-state index contributed by atoms with van der Waals surface area (Å²) in [6.07, 6.45) is -2.41. The number of carboxylic acid groups (broad SMARTS) is 1. The third-order valence-corrected chi connectivity index (χ3v) is 12.9. The van der Waals surface area contributed by atoms with E-state index in [1.54, 1.807) is 34.6 Å². The number of aliphatic hydroxyl groups excluding tert-OH is 2. The zero-order valence-electron chi connectivity index (χ0n) is 47.5. The number of Topliss-reactive ketones (excluding diaryl/α,β-unsaturated/α-hetero) is 2. The summed E-state index contributed by atoms with van der Waals surface area (Å²) in [7, 11) is 0. The molecule has 2 saturated heterocycles. The molecule has 0 radical (unpaired) electrons. The number of nitrogens with two attached hydrogens (primary N) is 1. The molecule has 0 unspecified atom stereocenters. The van der Waals surface area contributed by atoms with Gasteiger partial charge >= 0.3 is 5.97 Å². The molecule has 24 heteroatoms. The number of aliphatic hydroxyl groups is 2. The Bertz CT molecular complexity index is 2590. The van der Waals surface area contributed by atoms with Gasteiger partial charge in [-0.05, 0) is 101 Å². The van der Waals surface area contributed by atoms with E-state index in [2.05, 4.69) is 16.0 Å². The first kappa shape index (κ1) is 74.0. The molecule has 2 heterocycles. The molecule has 17 nitrogen and oxygen atoms in total. The molecule has 0 saturated carbocycles. The van der Waals surface area contributed by atoms with Crippen LogP contribution in [0, 0.1) is 45.5 Å². The number of halogens is 7. The fraction of sp³-hybridized carbons (Fsp3) is 0.571. The second-order valence-corrected chi connectivity index (χ2v) is 24.1. The van der Waals surface area contributed by atoms with E-state index in [9.17, 15) is 47.0 Å². The fourth-order valence-corrected chi connectivity index (χ4v) is 7.77. The number of amides is 3. The summed E-state index contributed by atoms with van der Waals surface area (Å²) in [5.74, 6) is -7.05. The molecule has 2 fully saturated rings. The summed E-state index contributed by atoms with van der Waals surface area (Å²) < 4.78 is 62.7. The van der Waals surface area contributed by atoms with Gasteiger partial charge < -0.3 is 56.0 Å². The molecule has 5 rings (SSSR count). The second-order valence-electron chi connectivity index (χ2n) is 22.8. The Hall–Kier alpha value is -4.01. The van der Waals surface area contributed by atoms with Crippen LogP contribution in [0.25, 0.3) is 0 Å². The van der Waals surface area contributed by atoms with Crippen molar-refractivity contribution in [2.24, 2.45) is 33.8 Å². The smallest absolute Gasteiger partial charge is 0.338 e. The Morgan fingerprint density at radius 3 is 1.31 bits per heavy atom. The van der Waals surface area contributed by atoms with E-state index in [-0.39, 0.29) is 119 Å². The van der Waals surface area contributed by atoms with Gasteiger partial charge in [-0.3, -0.25) is 24.0 Å². The summed E-state index contributed by atoms with van der Waals surface area (Å²) in [5.41, 5.74) is 3.32. The lowest BCUT2D eigenvalue weighted by Crippen LogP contribution is -2.57. The SMILES string of the molecule is C[C@@H](CNC(=O)[C@@H]1OC(C)(C)OCC1(C)C)CC(=O)c1cc(Cl)ccc1F.C[C@@H](CNC(=O)[C@H](O)C(C)(C)CO)CC(=O)c1cc(Cl)ccc1F.C[C@H](N)CNC(=O)[C@@H]1OC(C)(C)OCC1(C)C.I.O=C(O)c1cc(Cl)ccc1F. The number of nitrogens with one attached hydrogen (secondary N) is 3. The predicted octanol–water partition coefficient (Wildman–Crippen LogP) is 9.59. The van der Waals surface area contributed by atoms with Crippen LogP contribution in [0.3, 0.4) is 0 Å². The number of carboxylic acids is 1. The summed E-state index contributed by atoms with van der Waals surface area (Å²) >= 11 is 17.0. The quantitative estimate of drug-likeness (QED) is 0.0462. The van der Waals surface area contributed by atoms with Gasteiger partial charge in [0.05, 0.1) is 36.5 Å². The van der Waals surface area contributed by atoms with Crippen molar-refractivity contribution in [2.45, 2.75) is 139 Å². The van der Waals surface area contributed by atoms with Crippen molar-refractivity contribution in [3.63, 3.8) is 0 Å². The number of aromatic carboxylic acids is 1. The van der Waals surface area contributed by atoms with E-state index in [0.717, 1.165) is 18.2 Å². The second kappa shape index (κ2) is 32.2. The highest BCUT2D eigenvalue weighted by Crippen LogP contribution is 2.36. The monoisotopic (exact) mass is 1300 g/mol. The molecule has 3 amide bonds. The molecule has 2 aliphatic heterocycles. The highest BCUT2D eigenvalue weighted by atomic mass is 127. The number of ketones is 2. The van der Waals surface area contributed by atoms with E-state index in [4.69, 9.17) is 69.7 Å². The molecule has 6 atom stereocenters. The van der Waals surface area contributed by atoms with Crippen molar-refractivity contribution in [2.75, 3.05) is 39.5 Å². The van der Waals surface area contributed by atoms with Gasteiger partial charge in [0.1, 0.15) is 35.8 Å². The van der Waals surface area contributed by atoms with Gasteiger partial charge in [0.15, 0.2) is 23.1 Å². The topological polar surface area (TPSA) is 262 Å². The first-order chi connectivity index (χ1) is 36.2. The van der Waals surface area contributed by atoms with E-state index in [1.165, 1.54) is 36.4 Å². The molecular weight excluding hydrogens is 1230 g/mol. The zero-order chi connectivity index (χ0) is 60.6. The molecule has 8 N–H and O–H groups in total. The first-order valence-electron chi connectivity index (χ1n) is 25.4. The van der Waals surface area contributed by atoms with Crippen molar-refractivity contribution < 1.29 is 76.2 Å². The maximum absolute atomic E-state index is 13.8. The molecule has 0 aliphatic carbocycles. The van der Waals surface area contributed by atoms with Crippen LogP contribution >= 0.6 is 58.8 Å². The van der Waals surface area contributed by atoms with Crippen molar-refractivity contribution in [1.82, 2.24) is 16.0 Å². The lowest BCUT2D eigenvalue weighted by Gasteiger charge is -2.44. The van der Waals surface area contributed by atoms with Gasteiger partial charge in [-0.1, -0.05) is 90.2 Å². The van der Waals surface area contributed by atoms with E-state index in [1.807, 2.05) is 55.4 Å². The molecule has 0 spiro atoms. The Morgan fingerprint density at radius 1 is 0.637 bits per heavy atom. The van der Waals surface area contributed by atoms with E-state index < -0.39 is 81.4 Å². The fourth-order valence-electron chi connectivity index (χ4n) is 7.26. The third kappa shape index (κ3) is 24.4. The predicted molar refractivity (Wildman–Crippen MR) is 310 cm³/mol. The van der Waals surface area contributed by atoms with E-state index >= 15 is 0 Å². The minimum absolute atomic E-state index is 0. The van der Waals surface area contributed by atoms with Crippen molar-refractivity contribution >= 4 is 94.0 Å². The Morgan fingerprint density at radius 2 is 0.975 bits per heavy atom. The summed E-state index contributed by atoms with van der Waals surface area (Å²) in [6.45, 7) is 24.8. The third-order valence-electron chi connectivity index (χ3n) is 12.2. The highest BCUT2D eigenvalue weighted by Gasteiger charge is 2.47. The maximum atomic E-state index is 13.8. The van der Waals surface area contributed by atoms with Crippen LogP contribution in [0.1, 0.15) is 134 Å². The number of benzene rings is 3. The molecule has 2 aliphatic rings. The maximum Gasteiger partial charge on any atom is 0.338 e. The molecule has 450 valence electrons. The largest absolute Gasteiger partial charge is 0.478 e. The highest BCUT2D eigenvalue weighted by molar-refractivity contribution is 14.0. The zero-order valence-corrected chi connectivity index (χ0v) is 52.1. The summed E-state index contributed by atoms with van der Waals surface area (Å²) in [4.78, 5) is 71.2. The van der Waals surface area contributed by atoms with Gasteiger partial charge in [0.2, 0.25) is 17.7 Å². The van der Waals surface area contributed by atoms with Crippen LogP contribution in [-0.2, 0) is 33.3 Å². The minimum atomic E-state index is -1.37. The van der Waals surface area contributed by atoms with Crippen molar-refractivity contribution in [3.8, 4) is 0 Å². The molecule has 80 heavy (non-hydrogen) atoms. The van der Waals surface area contributed by atoms with Gasteiger partial charge in [0.25, 0.3) is 0 Å². The number of hydrogen-bond acceptors (Lipinski definition) is 13. The van der Waals surface area contributed by atoms with Crippen LogP contribution < -0.4 is 21.7 Å². The Labute approximate surface area is 499 Å². The number of hydrogen-bond donors (Lipinski definition) is 7. The molecule has 0 aromatic heterocycles. The average Bonchev–Trinajstić information content (AvgIpc) is 3.35. The van der Waals surface area contributed by atoms with Crippen LogP contribution in [0.2, 0.25) is 15.1 Å². The van der Waals surface area contributed by atoms with Gasteiger partial charge in [-0.15, -0.1) is 24.0 Å². The van der Waals surface area contributed by atoms with Crippen LogP contribution in [0.4, 0.5) is 13.2 Å². The van der Waals surface area contributed by atoms with Crippen molar-refractivity contribution in [3.05, 3.63) is 104 Å². The van der Waals surface area contributed by atoms with Crippen LogP contribution in [0.5, 0.6) is 0 Å². The number of rotatable bonds is 18. The van der Waals surface area contributed by atoms with Crippen LogP contribution in [-0.4, -0.2) is 126 Å². The molecular formula is C56H79Cl3F3IN4O13. The average molecular weight is 1310 g/mol. The van der Waals surface area contributed by atoms with Gasteiger partial charge in [-0.25, -0.2) is 18.0 Å². The molecule has 0 bridgehead atoms. The first-order valence-corrected chi connectivity index (χ1v) is 26.5. The summed E-state index contributed by atoms with van der Waals surface area (Å²) in [5, 5.41) is 36.4. The lowest BCUT2D eigenvalue weighted by atomic mass is 9.85. The van der Waals surface area contributed by atoms with E-state index in [0.29, 0.717) is 24.8 Å². The number of ether oxygens (including phenoxy) is 4. The van der Waals surface area contributed by atoms with Crippen molar-refractivity contribution in [1.29, 1.82) is 0 Å². The molecule has 3 aromatic carbocycles. The summed E-state index contributed by atoms with van der Waals surface area (Å²) in [6, 6.07) is 11.0. The number of carbonyl (C=O) groups excluding carboxylic acids is 5. The Kier molecular flexibility index (Phi) is 29.7. The lowest BCUT2D eigenvalue weighted by molar-refractivity contribution is -0.304. The van der Waals surface area contributed by atoms with Gasteiger partial charge in [-0.2, -0.15) is 0 Å². The standard InChI is InChI=1S/C20H27ClFNO4.C17H23ClFNO4.C12H24N2O3.C7H4ClFO2.HI/c1-12(8-16(24)14-9-13(21)6-7-15(14)22)10-23-18(25)17-19(2,3)11-26-20(4,5)27-17;1-10(8-20-16(24)15(23)17(2,3)9-21)6-14(22)12-7-11(18)4-5-13(12)19;1-8(13)6-14-10(15)9-11(2,3)7-16-12(4,5)17-9;8-4-1-2-6(9)5(3-4)7(10)11;/h6-7,9,12,17H,8,10-11H2,1-5H3,(H,23,25);4-5,7,10,15,21,23H,6,8-9H2,1-3H3,(H,20,24);8-9H,6-7,13H2,1-5H3,(H,14,15);1-3H,(H,10,11);1H/t12-,17+;10-,15+;8-,9-;;/m110../s1. The van der Waals surface area contributed by atoms with Crippen LogP contribution in [0.15, 0.2) is 54.6 Å². The Balaban J connectivity index is 0.000000554. The normalized spacial score (nSPS) is 19.1. The minimum Gasteiger partial charge on any atom is -0.478 e. The van der Waals surface area contributed by atoms with Gasteiger partial charge in [0, 0.05) is 69.8 Å². The molecule has 3 aromatic rings.